The number of nitrogens with two attached hydrogens (primary N) is 1. The lowest BCUT2D eigenvalue weighted by Gasteiger charge is -2.23. The summed E-state index contributed by atoms with van der Waals surface area (Å²) in [5, 5.41) is 3.96. The largest absolute Gasteiger partial charge is 0.317 e. The van der Waals surface area contributed by atoms with Gasteiger partial charge in [0.2, 0.25) is 0 Å². The van der Waals surface area contributed by atoms with Crippen LogP contribution in [0.15, 0.2) is 34.2 Å². The monoisotopic (exact) mass is 306 g/mol. The molecular weight excluding hydrogens is 280 g/mol. The van der Waals surface area contributed by atoms with Crippen LogP contribution in [0.1, 0.15) is 46.0 Å². The smallest absolute Gasteiger partial charge is 0.295 e. The molecule has 0 heterocycles. The molecule has 22 heavy (non-hydrogen) atoms. The van der Waals surface area contributed by atoms with E-state index in [4.69, 9.17) is 5.84 Å². The molecule has 1 aliphatic carbocycles. The van der Waals surface area contributed by atoms with Gasteiger partial charge < -0.3 is 0 Å². The van der Waals surface area contributed by atoms with Gasteiger partial charge in [-0.25, -0.2) is 10.8 Å². The number of rotatable bonds is 8. The van der Waals surface area contributed by atoms with E-state index in [0.717, 1.165) is 13.0 Å². The standard InChI is InChI=1S/C16H26N4O2/c1-4-12(2)9-15(18-10-13(3)16(21)19-22)20(17)11-14-7-5-6-8-14/h9-10,12,14H,3-8,11,17H2,1-2H3/b15-9-,18-10?. The minimum absolute atomic E-state index is 0.0423. The summed E-state index contributed by atoms with van der Waals surface area (Å²) >= 11 is 0. The van der Waals surface area contributed by atoms with Crippen molar-refractivity contribution in [2.24, 2.45) is 27.8 Å². The number of carbonyl (C=O) groups is 1. The lowest BCUT2D eigenvalue weighted by Crippen LogP contribution is -2.34. The molecule has 0 aromatic carbocycles. The number of hydrazine groups is 1. The predicted octanol–water partition coefficient (Wildman–Crippen LogP) is 3.16. The van der Waals surface area contributed by atoms with Gasteiger partial charge in [-0.3, -0.25) is 9.80 Å². The topological polar surface area (TPSA) is 88.1 Å². The molecule has 1 rings (SSSR count). The fraction of sp³-hybridized carbons (Fsp3) is 0.625. The molecule has 2 N–H and O–H groups in total. The lowest BCUT2D eigenvalue weighted by molar-refractivity contribution is -0.113. The van der Waals surface area contributed by atoms with Gasteiger partial charge in [-0.2, -0.15) is 0 Å². The summed E-state index contributed by atoms with van der Waals surface area (Å²) in [6, 6.07) is 0. The van der Waals surface area contributed by atoms with Gasteiger partial charge in [-0.05, 0) is 37.2 Å². The normalized spacial score (nSPS) is 17.7. The highest BCUT2D eigenvalue weighted by Crippen LogP contribution is 2.26. The Balaban J connectivity index is 2.80. The molecule has 1 aliphatic rings. The van der Waals surface area contributed by atoms with Crippen molar-refractivity contribution in [1.82, 2.24) is 5.01 Å². The summed E-state index contributed by atoms with van der Waals surface area (Å²) in [5.74, 6) is 6.73. The fourth-order valence-electron chi connectivity index (χ4n) is 2.41. The number of amides is 1. The summed E-state index contributed by atoms with van der Waals surface area (Å²) in [6.45, 7) is 8.38. The van der Waals surface area contributed by atoms with Gasteiger partial charge in [0, 0.05) is 17.9 Å². The summed E-state index contributed by atoms with van der Waals surface area (Å²) in [6.07, 6.45) is 9.07. The third kappa shape index (κ3) is 5.89. The highest BCUT2D eigenvalue weighted by Gasteiger charge is 2.18. The molecule has 0 aliphatic heterocycles. The minimum atomic E-state index is -0.911. The van der Waals surface area contributed by atoms with Gasteiger partial charge in [0.1, 0.15) is 5.82 Å². The van der Waals surface area contributed by atoms with Gasteiger partial charge in [-0.1, -0.05) is 33.3 Å². The number of carbonyl (C=O) groups excluding carboxylic acids is 1. The molecular formula is C16H26N4O2. The molecule has 6 nitrogen and oxygen atoms in total. The Hall–Kier alpha value is -1.82. The van der Waals surface area contributed by atoms with E-state index in [1.165, 1.54) is 31.9 Å². The van der Waals surface area contributed by atoms with Gasteiger partial charge >= 0.3 is 5.91 Å². The first-order valence-electron chi connectivity index (χ1n) is 7.82. The molecule has 0 bridgehead atoms. The Morgan fingerprint density at radius 2 is 2.09 bits per heavy atom. The molecule has 1 saturated carbocycles. The fourth-order valence-corrected chi connectivity index (χ4v) is 2.41. The third-order valence-corrected chi connectivity index (χ3v) is 4.01. The zero-order valence-electron chi connectivity index (χ0n) is 13.5. The first kappa shape index (κ1) is 18.2. The quantitative estimate of drug-likeness (QED) is 0.245. The second-order valence-corrected chi connectivity index (χ2v) is 5.89. The van der Waals surface area contributed by atoms with Gasteiger partial charge in [0.05, 0.1) is 5.57 Å². The zero-order chi connectivity index (χ0) is 16.5. The van der Waals surface area contributed by atoms with E-state index in [9.17, 15) is 9.70 Å². The summed E-state index contributed by atoms with van der Waals surface area (Å²) in [4.78, 5) is 25.6. The summed E-state index contributed by atoms with van der Waals surface area (Å²) in [5.41, 5.74) is -0.0423. The van der Waals surface area contributed by atoms with Crippen molar-refractivity contribution in [3.63, 3.8) is 0 Å². The Kier molecular flexibility index (Phi) is 7.66. The Bertz CT molecular complexity index is 465. The SMILES string of the molecule is C=C(C=N/C(=C/C(C)CC)N(N)CC1CCCC1)C(=O)N=O. The molecule has 1 unspecified atom stereocenters. The van der Waals surface area contributed by atoms with Crippen LogP contribution >= 0.6 is 0 Å². The van der Waals surface area contributed by atoms with E-state index in [1.807, 2.05) is 6.08 Å². The number of allylic oxidation sites excluding steroid dienone is 1. The second-order valence-electron chi connectivity index (χ2n) is 5.89. The molecule has 1 amide bonds. The first-order chi connectivity index (χ1) is 10.5. The van der Waals surface area contributed by atoms with Crippen LogP contribution in [0.5, 0.6) is 0 Å². The van der Waals surface area contributed by atoms with Gasteiger partial charge in [0.25, 0.3) is 0 Å². The molecule has 122 valence electrons. The van der Waals surface area contributed by atoms with Crippen molar-refractivity contribution in [3.8, 4) is 0 Å². The van der Waals surface area contributed by atoms with E-state index in [0.29, 0.717) is 17.7 Å². The van der Waals surface area contributed by atoms with Crippen LogP contribution < -0.4 is 5.84 Å². The molecule has 0 radical (unpaired) electrons. The van der Waals surface area contributed by atoms with Gasteiger partial charge in [0.15, 0.2) is 0 Å². The number of nitroso groups, excluding NO2 is 1. The summed E-state index contributed by atoms with van der Waals surface area (Å²) in [7, 11) is 0. The van der Waals surface area contributed by atoms with E-state index in [-0.39, 0.29) is 5.57 Å². The van der Waals surface area contributed by atoms with E-state index >= 15 is 0 Å². The molecule has 1 atom stereocenters. The van der Waals surface area contributed by atoms with Crippen molar-refractivity contribution in [3.05, 3.63) is 29.0 Å². The number of aliphatic imine (C=N–C) groups is 1. The zero-order valence-corrected chi connectivity index (χ0v) is 13.5. The molecule has 6 heteroatoms. The number of hydrogen-bond donors (Lipinski definition) is 1. The van der Waals surface area contributed by atoms with Crippen molar-refractivity contribution >= 4 is 12.1 Å². The van der Waals surface area contributed by atoms with Crippen LogP contribution in [0.25, 0.3) is 0 Å². The van der Waals surface area contributed by atoms with Crippen LogP contribution in [0, 0.1) is 16.7 Å². The van der Waals surface area contributed by atoms with Crippen molar-refractivity contribution in [2.75, 3.05) is 6.54 Å². The van der Waals surface area contributed by atoms with E-state index in [1.54, 1.807) is 5.01 Å². The van der Waals surface area contributed by atoms with Crippen LogP contribution in [0.2, 0.25) is 0 Å². The predicted molar refractivity (Wildman–Crippen MR) is 88.8 cm³/mol. The van der Waals surface area contributed by atoms with Crippen LogP contribution in [-0.4, -0.2) is 23.7 Å². The highest BCUT2D eigenvalue weighted by molar-refractivity contribution is 6.12. The number of nitrogens with zero attached hydrogens (tertiary/aromatic N) is 3. The second kappa shape index (κ2) is 9.25. The molecule has 0 aromatic heterocycles. The van der Waals surface area contributed by atoms with Crippen LogP contribution in [0.3, 0.4) is 0 Å². The highest BCUT2D eigenvalue weighted by atomic mass is 16.3. The Labute approximate surface area is 132 Å². The Morgan fingerprint density at radius 1 is 1.45 bits per heavy atom. The molecule has 0 aromatic rings. The maximum atomic E-state index is 11.1. The number of hydrogen-bond acceptors (Lipinski definition) is 5. The van der Waals surface area contributed by atoms with E-state index < -0.39 is 5.91 Å². The van der Waals surface area contributed by atoms with Gasteiger partial charge in [-0.15, -0.1) is 4.91 Å². The van der Waals surface area contributed by atoms with Crippen LogP contribution in [-0.2, 0) is 4.79 Å². The minimum Gasteiger partial charge on any atom is -0.295 e. The van der Waals surface area contributed by atoms with Crippen LogP contribution in [0.4, 0.5) is 0 Å². The molecule has 0 saturated heterocycles. The maximum Gasteiger partial charge on any atom is 0.317 e. The molecule has 1 fully saturated rings. The third-order valence-electron chi connectivity index (χ3n) is 4.01. The average molecular weight is 306 g/mol. The van der Waals surface area contributed by atoms with E-state index in [2.05, 4.69) is 30.6 Å². The Morgan fingerprint density at radius 3 is 2.64 bits per heavy atom. The average Bonchev–Trinajstić information content (AvgIpc) is 3.02. The summed E-state index contributed by atoms with van der Waals surface area (Å²) < 4.78 is 0. The maximum absolute atomic E-state index is 11.1. The molecule has 0 spiro atoms. The lowest BCUT2D eigenvalue weighted by atomic mass is 10.1. The van der Waals surface area contributed by atoms with Crippen molar-refractivity contribution < 1.29 is 4.79 Å². The van der Waals surface area contributed by atoms with Crippen molar-refractivity contribution in [1.29, 1.82) is 0 Å². The van der Waals surface area contributed by atoms with Crippen molar-refractivity contribution in [2.45, 2.75) is 46.0 Å². The first-order valence-corrected chi connectivity index (χ1v) is 7.82.